The van der Waals surface area contributed by atoms with Crippen molar-refractivity contribution < 1.29 is 4.79 Å². The topological polar surface area (TPSA) is 29.1 Å². The van der Waals surface area contributed by atoms with Crippen molar-refractivity contribution in [1.29, 1.82) is 0 Å². The molecule has 3 rings (SSSR count). The number of fused-ring (bicyclic) bond motifs is 1. The lowest BCUT2D eigenvalue weighted by Crippen LogP contribution is -2.32. The highest BCUT2D eigenvalue weighted by Crippen LogP contribution is 2.27. The van der Waals surface area contributed by atoms with Crippen LogP contribution < -0.4 is 5.32 Å². The molecule has 1 atom stereocenters. The number of halogens is 1. The second kappa shape index (κ2) is 5.16. The molecular formula is C16H14ClNO. The van der Waals surface area contributed by atoms with E-state index < -0.39 is 0 Å². The van der Waals surface area contributed by atoms with Crippen LogP contribution >= 0.6 is 11.6 Å². The Morgan fingerprint density at radius 1 is 1.16 bits per heavy atom. The maximum atomic E-state index is 12.6. The highest BCUT2D eigenvalue weighted by Gasteiger charge is 2.26. The number of hydrogen-bond acceptors (Lipinski definition) is 2. The fraction of sp³-hybridized carbons (Fsp3) is 0.188. The molecule has 1 unspecified atom stereocenters. The fourth-order valence-electron chi connectivity index (χ4n) is 2.57. The normalized spacial score (nSPS) is 17.8. The van der Waals surface area contributed by atoms with Gasteiger partial charge in [0, 0.05) is 23.7 Å². The molecule has 1 aliphatic rings. The van der Waals surface area contributed by atoms with Gasteiger partial charge in [0.2, 0.25) is 0 Å². The third-order valence-electron chi connectivity index (χ3n) is 3.52. The molecule has 3 heteroatoms. The van der Waals surface area contributed by atoms with Gasteiger partial charge in [0.15, 0.2) is 5.78 Å². The second-order valence-corrected chi connectivity index (χ2v) is 5.19. The number of Topliss-reactive ketones (excluding diaryl/α,β-unsaturated/α-hetero) is 1. The van der Waals surface area contributed by atoms with E-state index in [1.807, 2.05) is 30.3 Å². The van der Waals surface area contributed by atoms with Gasteiger partial charge in [0.25, 0.3) is 0 Å². The zero-order valence-corrected chi connectivity index (χ0v) is 11.2. The van der Waals surface area contributed by atoms with Crippen LogP contribution in [0.25, 0.3) is 0 Å². The number of hydrogen-bond donors (Lipinski definition) is 1. The Morgan fingerprint density at radius 2 is 2.00 bits per heavy atom. The molecule has 0 bridgehead atoms. The Labute approximate surface area is 117 Å². The predicted octanol–water partition coefficient (Wildman–Crippen LogP) is 3.41. The lowest BCUT2D eigenvalue weighted by molar-refractivity contribution is 0.0955. The van der Waals surface area contributed by atoms with Crippen LogP contribution in [0, 0.1) is 0 Å². The molecule has 2 nitrogen and oxygen atoms in total. The molecule has 0 saturated heterocycles. The van der Waals surface area contributed by atoms with Crippen molar-refractivity contribution in [1.82, 2.24) is 5.32 Å². The molecule has 1 aliphatic heterocycles. The summed E-state index contributed by atoms with van der Waals surface area (Å²) >= 11 is 5.96. The van der Waals surface area contributed by atoms with Gasteiger partial charge >= 0.3 is 0 Å². The summed E-state index contributed by atoms with van der Waals surface area (Å²) < 4.78 is 0. The lowest BCUT2D eigenvalue weighted by atomic mass is 9.85. The van der Waals surface area contributed by atoms with Gasteiger partial charge in [0.1, 0.15) is 0 Å². The van der Waals surface area contributed by atoms with Gasteiger partial charge in [-0.05, 0) is 23.3 Å². The minimum absolute atomic E-state index is 0.122. The summed E-state index contributed by atoms with van der Waals surface area (Å²) in [6.45, 7) is 1.51. The number of benzene rings is 2. The first-order valence-corrected chi connectivity index (χ1v) is 6.72. The molecule has 96 valence electrons. The van der Waals surface area contributed by atoms with Crippen molar-refractivity contribution in [3.63, 3.8) is 0 Å². The largest absolute Gasteiger partial charge is 0.312 e. The van der Waals surface area contributed by atoms with Gasteiger partial charge in [-0.2, -0.15) is 0 Å². The van der Waals surface area contributed by atoms with Crippen molar-refractivity contribution in [2.24, 2.45) is 0 Å². The average Bonchev–Trinajstić information content (AvgIpc) is 2.46. The van der Waals surface area contributed by atoms with Crippen LogP contribution in [0.4, 0.5) is 0 Å². The third-order valence-corrected chi connectivity index (χ3v) is 3.76. The number of rotatable bonds is 2. The van der Waals surface area contributed by atoms with Crippen molar-refractivity contribution in [3.05, 3.63) is 70.2 Å². The van der Waals surface area contributed by atoms with Crippen LogP contribution in [0.2, 0.25) is 5.02 Å². The molecule has 1 N–H and O–H groups in total. The van der Waals surface area contributed by atoms with E-state index in [-0.39, 0.29) is 11.7 Å². The molecule has 0 radical (unpaired) electrons. The molecule has 19 heavy (non-hydrogen) atoms. The monoisotopic (exact) mass is 271 g/mol. The van der Waals surface area contributed by atoms with E-state index in [1.54, 1.807) is 12.1 Å². The van der Waals surface area contributed by atoms with Crippen LogP contribution in [0.3, 0.4) is 0 Å². The van der Waals surface area contributed by atoms with Gasteiger partial charge in [-0.3, -0.25) is 4.79 Å². The van der Waals surface area contributed by atoms with Crippen LogP contribution in [0.5, 0.6) is 0 Å². The Bertz CT molecular complexity index is 624. The van der Waals surface area contributed by atoms with Gasteiger partial charge in [-0.25, -0.2) is 0 Å². The molecule has 2 aromatic rings. The van der Waals surface area contributed by atoms with Gasteiger partial charge in [-0.15, -0.1) is 0 Å². The summed E-state index contributed by atoms with van der Waals surface area (Å²) in [5.41, 5.74) is 3.01. The Morgan fingerprint density at radius 3 is 2.84 bits per heavy atom. The minimum atomic E-state index is -0.122. The molecule has 0 aromatic heterocycles. The standard InChI is InChI=1S/C16H14ClNO/c17-13-6-3-5-11(8-13)16(19)15-10-18-9-12-4-1-2-7-14(12)15/h1-8,15,18H,9-10H2. The first-order chi connectivity index (χ1) is 9.25. The quantitative estimate of drug-likeness (QED) is 0.848. The molecular weight excluding hydrogens is 258 g/mol. The predicted molar refractivity (Wildman–Crippen MR) is 76.7 cm³/mol. The second-order valence-electron chi connectivity index (χ2n) is 4.76. The van der Waals surface area contributed by atoms with Crippen LogP contribution in [0.15, 0.2) is 48.5 Å². The Hall–Kier alpha value is -1.64. The van der Waals surface area contributed by atoms with E-state index in [2.05, 4.69) is 11.4 Å². The van der Waals surface area contributed by atoms with Gasteiger partial charge in [-0.1, -0.05) is 48.0 Å². The SMILES string of the molecule is O=C(c1cccc(Cl)c1)C1CNCc2ccccc21. The number of carbonyl (C=O) groups excluding carboxylic acids is 1. The van der Waals surface area contributed by atoms with Crippen LogP contribution in [-0.2, 0) is 6.54 Å². The number of ketones is 1. The Balaban J connectivity index is 1.98. The van der Waals surface area contributed by atoms with Crippen LogP contribution in [-0.4, -0.2) is 12.3 Å². The van der Waals surface area contributed by atoms with Crippen molar-refractivity contribution >= 4 is 17.4 Å². The highest BCUT2D eigenvalue weighted by molar-refractivity contribution is 6.31. The average molecular weight is 272 g/mol. The van der Waals surface area contributed by atoms with E-state index in [0.29, 0.717) is 17.1 Å². The highest BCUT2D eigenvalue weighted by atomic mass is 35.5. The molecule has 0 spiro atoms. The molecule has 0 amide bonds. The maximum Gasteiger partial charge on any atom is 0.171 e. The molecule has 0 fully saturated rings. The van der Waals surface area contributed by atoms with Crippen molar-refractivity contribution in [2.75, 3.05) is 6.54 Å². The number of nitrogens with one attached hydrogen (secondary N) is 1. The maximum absolute atomic E-state index is 12.6. The lowest BCUT2D eigenvalue weighted by Gasteiger charge is -2.25. The van der Waals surface area contributed by atoms with Crippen molar-refractivity contribution in [3.8, 4) is 0 Å². The molecule has 2 aromatic carbocycles. The van der Waals surface area contributed by atoms with E-state index in [1.165, 1.54) is 5.56 Å². The summed E-state index contributed by atoms with van der Waals surface area (Å²) in [6, 6.07) is 15.3. The first kappa shape index (κ1) is 12.4. The first-order valence-electron chi connectivity index (χ1n) is 6.34. The van der Waals surface area contributed by atoms with E-state index in [4.69, 9.17) is 11.6 Å². The summed E-state index contributed by atoms with van der Waals surface area (Å²) in [6.07, 6.45) is 0. The molecule has 1 heterocycles. The number of carbonyl (C=O) groups is 1. The van der Waals surface area contributed by atoms with Gasteiger partial charge in [0.05, 0.1) is 5.92 Å². The van der Waals surface area contributed by atoms with Crippen LogP contribution in [0.1, 0.15) is 27.4 Å². The molecule has 0 aliphatic carbocycles. The van der Waals surface area contributed by atoms with E-state index in [0.717, 1.165) is 12.1 Å². The Kier molecular flexibility index (Phi) is 3.36. The third kappa shape index (κ3) is 2.42. The smallest absolute Gasteiger partial charge is 0.171 e. The van der Waals surface area contributed by atoms with E-state index in [9.17, 15) is 4.79 Å². The van der Waals surface area contributed by atoms with Gasteiger partial charge < -0.3 is 5.32 Å². The van der Waals surface area contributed by atoms with E-state index >= 15 is 0 Å². The zero-order chi connectivity index (χ0) is 13.2. The summed E-state index contributed by atoms with van der Waals surface area (Å²) in [4.78, 5) is 12.6. The minimum Gasteiger partial charge on any atom is -0.312 e. The summed E-state index contributed by atoms with van der Waals surface area (Å²) in [7, 11) is 0. The summed E-state index contributed by atoms with van der Waals surface area (Å²) in [5.74, 6) is 0.00515. The summed E-state index contributed by atoms with van der Waals surface area (Å²) in [5, 5.41) is 3.90. The zero-order valence-electron chi connectivity index (χ0n) is 10.4. The molecule has 0 saturated carbocycles. The van der Waals surface area contributed by atoms with Crippen molar-refractivity contribution in [2.45, 2.75) is 12.5 Å². The fourth-order valence-corrected chi connectivity index (χ4v) is 2.76.